The monoisotopic (exact) mass is 461 g/mol. The number of nitro benzene ring substituents is 1. The zero-order valence-electron chi connectivity index (χ0n) is 17.1. The molecular formula is C21H21ClFN5O4. The molecule has 11 heteroatoms. The van der Waals surface area contributed by atoms with Crippen LogP contribution in [0, 0.1) is 15.9 Å². The lowest BCUT2D eigenvalue weighted by Crippen LogP contribution is -2.37. The third kappa shape index (κ3) is 5.39. The van der Waals surface area contributed by atoms with E-state index in [0.717, 1.165) is 39.3 Å². The number of fused-ring (bicyclic) bond motifs is 1. The third-order valence-electron chi connectivity index (χ3n) is 5.01. The van der Waals surface area contributed by atoms with Crippen molar-refractivity contribution in [3.05, 3.63) is 57.5 Å². The first-order chi connectivity index (χ1) is 15.5. The Morgan fingerprint density at radius 3 is 2.84 bits per heavy atom. The van der Waals surface area contributed by atoms with Crippen LogP contribution in [0.3, 0.4) is 0 Å². The van der Waals surface area contributed by atoms with Crippen LogP contribution in [0.5, 0.6) is 5.75 Å². The van der Waals surface area contributed by atoms with Gasteiger partial charge in [0.1, 0.15) is 5.82 Å². The molecule has 1 aliphatic heterocycles. The zero-order chi connectivity index (χ0) is 22.5. The standard InChI is InChI=1S/C21H21ClFN5O4/c22-16-11-15(2-3-17(16)23)25-21-24-13-14-10-19(28(29)30)20(12-18(14)26-21)32-7-1-4-27-5-8-31-9-6-27/h2-3,10-13H,1,4-9H2,(H,24,25,26). The van der Waals surface area contributed by atoms with Gasteiger partial charge < -0.3 is 14.8 Å². The lowest BCUT2D eigenvalue weighted by molar-refractivity contribution is -0.385. The average molecular weight is 462 g/mol. The molecule has 0 spiro atoms. The second-order valence-corrected chi connectivity index (χ2v) is 7.65. The van der Waals surface area contributed by atoms with Crippen molar-refractivity contribution >= 4 is 39.8 Å². The molecule has 1 N–H and O–H groups in total. The summed E-state index contributed by atoms with van der Waals surface area (Å²) in [6, 6.07) is 7.09. The summed E-state index contributed by atoms with van der Waals surface area (Å²) in [5, 5.41) is 14.9. The molecule has 1 fully saturated rings. The molecule has 0 unspecified atom stereocenters. The Morgan fingerprint density at radius 2 is 2.09 bits per heavy atom. The SMILES string of the molecule is O=[N+]([O-])c1cc2cnc(Nc3ccc(F)c(Cl)c3)nc2cc1OCCCN1CCOCC1. The fraction of sp³-hybridized carbons (Fsp3) is 0.333. The van der Waals surface area contributed by atoms with E-state index >= 15 is 0 Å². The summed E-state index contributed by atoms with van der Waals surface area (Å²) in [6.07, 6.45) is 2.21. The number of benzene rings is 2. The second-order valence-electron chi connectivity index (χ2n) is 7.24. The van der Waals surface area contributed by atoms with Gasteiger partial charge in [-0.3, -0.25) is 15.0 Å². The van der Waals surface area contributed by atoms with Gasteiger partial charge in [-0.05, 0) is 24.6 Å². The van der Waals surface area contributed by atoms with E-state index in [9.17, 15) is 14.5 Å². The fourth-order valence-electron chi connectivity index (χ4n) is 3.36. The van der Waals surface area contributed by atoms with Crippen LogP contribution in [0.1, 0.15) is 6.42 Å². The molecule has 32 heavy (non-hydrogen) atoms. The number of nitrogens with one attached hydrogen (secondary N) is 1. The van der Waals surface area contributed by atoms with E-state index in [-0.39, 0.29) is 22.4 Å². The Labute approximate surface area is 188 Å². The first-order valence-corrected chi connectivity index (χ1v) is 10.5. The van der Waals surface area contributed by atoms with Crippen molar-refractivity contribution in [3.8, 4) is 5.75 Å². The minimum atomic E-state index is -0.528. The van der Waals surface area contributed by atoms with Gasteiger partial charge in [0.25, 0.3) is 0 Å². The predicted octanol–water partition coefficient (Wildman–Crippen LogP) is 4.18. The zero-order valence-corrected chi connectivity index (χ0v) is 17.8. The van der Waals surface area contributed by atoms with Gasteiger partial charge in [0.05, 0.1) is 35.3 Å². The topological polar surface area (TPSA) is 103 Å². The molecule has 0 amide bonds. The predicted molar refractivity (Wildman–Crippen MR) is 118 cm³/mol. The number of anilines is 2. The van der Waals surface area contributed by atoms with Crippen LogP contribution < -0.4 is 10.1 Å². The average Bonchev–Trinajstić information content (AvgIpc) is 2.79. The summed E-state index contributed by atoms with van der Waals surface area (Å²) in [4.78, 5) is 21.9. The fourth-order valence-corrected chi connectivity index (χ4v) is 3.54. The van der Waals surface area contributed by atoms with Gasteiger partial charge >= 0.3 is 5.69 Å². The highest BCUT2D eigenvalue weighted by molar-refractivity contribution is 6.31. The van der Waals surface area contributed by atoms with Gasteiger partial charge in [-0.1, -0.05) is 11.6 Å². The molecule has 1 saturated heterocycles. The number of hydrogen-bond donors (Lipinski definition) is 1. The lowest BCUT2D eigenvalue weighted by atomic mass is 10.2. The first kappa shape index (κ1) is 22.1. The summed E-state index contributed by atoms with van der Waals surface area (Å²) in [7, 11) is 0. The van der Waals surface area contributed by atoms with E-state index in [4.69, 9.17) is 21.1 Å². The highest BCUT2D eigenvalue weighted by Gasteiger charge is 2.18. The number of nitrogens with zero attached hydrogens (tertiary/aromatic N) is 4. The van der Waals surface area contributed by atoms with Crippen LogP contribution >= 0.6 is 11.6 Å². The Bertz CT molecular complexity index is 1130. The number of morpholine rings is 1. The molecule has 1 aromatic heterocycles. The van der Waals surface area contributed by atoms with Gasteiger partial charge in [-0.15, -0.1) is 0 Å². The number of aromatic nitrogens is 2. The molecule has 1 aliphatic rings. The highest BCUT2D eigenvalue weighted by Crippen LogP contribution is 2.32. The molecule has 168 valence electrons. The molecule has 0 atom stereocenters. The van der Waals surface area contributed by atoms with Crippen molar-refractivity contribution in [2.75, 3.05) is 44.8 Å². The Morgan fingerprint density at radius 1 is 1.28 bits per heavy atom. The van der Waals surface area contributed by atoms with Crippen LogP contribution in [0.15, 0.2) is 36.5 Å². The van der Waals surface area contributed by atoms with E-state index < -0.39 is 10.7 Å². The van der Waals surface area contributed by atoms with Crippen molar-refractivity contribution in [1.82, 2.24) is 14.9 Å². The summed E-state index contributed by atoms with van der Waals surface area (Å²) in [6.45, 7) is 4.37. The maximum absolute atomic E-state index is 13.4. The van der Waals surface area contributed by atoms with E-state index in [1.807, 2.05) is 0 Å². The maximum Gasteiger partial charge on any atom is 0.311 e. The summed E-state index contributed by atoms with van der Waals surface area (Å²) < 4.78 is 24.4. The molecule has 9 nitrogen and oxygen atoms in total. The molecule has 3 aromatic rings. The Balaban J connectivity index is 1.49. The van der Waals surface area contributed by atoms with Crippen LogP contribution in [-0.2, 0) is 4.74 Å². The molecule has 4 rings (SSSR count). The molecule has 2 heterocycles. The van der Waals surface area contributed by atoms with Crippen molar-refractivity contribution in [2.45, 2.75) is 6.42 Å². The molecule has 2 aromatic carbocycles. The number of ether oxygens (including phenoxy) is 2. The first-order valence-electron chi connectivity index (χ1n) is 10.1. The second kappa shape index (κ2) is 10.0. The van der Waals surface area contributed by atoms with Crippen LogP contribution in [0.25, 0.3) is 10.9 Å². The van der Waals surface area contributed by atoms with Gasteiger partial charge in [0, 0.05) is 49.0 Å². The Kier molecular flexibility index (Phi) is 6.93. The molecule has 0 aliphatic carbocycles. The smallest absolute Gasteiger partial charge is 0.311 e. The van der Waals surface area contributed by atoms with Crippen molar-refractivity contribution < 1.29 is 18.8 Å². The van der Waals surface area contributed by atoms with Crippen molar-refractivity contribution in [1.29, 1.82) is 0 Å². The summed E-state index contributed by atoms with van der Waals surface area (Å²) >= 11 is 5.81. The van der Waals surface area contributed by atoms with Gasteiger partial charge in [0.15, 0.2) is 5.75 Å². The number of nitro groups is 1. The molecule has 0 bridgehead atoms. The van der Waals surface area contributed by atoms with Crippen LogP contribution in [0.2, 0.25) is 5.02 Å². The van der Waals surface area contributed by atoms with E-state index in [1.54, 1.807) is 0 Å². The highest BCUT2D eigenvalue weighted by atomic mass is 35.5. The molecule has 0 radical (unpaired) electrons. The Hall–Kier alpha value is -3.08. The number of rotatable bonds is 8. The van der Waals surface area contributed by atoms with Crippen LogP contribution in [0.4, 0.5) is 21.7 Å². The quantitative estimate of drug-likeness (QED) is 0.303. The van der Waals surface area contributed by atoms with E-state index in [1.165, 1.54) is 36.5 Å². The lowest BCUT2D eigenvalue weighted by Gasteiger charge is -2.26. The minimum Gasteiger partial charge on any atom is -0.487 e. The van der Waals surface area contributed by atoms with Gasteiger partial charge in [-0.2, -0.15) is 0 Å². The normalized spacial score (nSPS) is 14.4. The van der Waals surface area contributed by atoms with E-state index in [2.05, 4.69) is 20.2 Å². The maximum atomic E-state index is 13.4. The van der Waals surface area contributed by atoms with Gasteiger partial charge in [0.2, 0.25) is 5.95 Å². The van der Waals surface area contributed by atoms with Gasteiger partial charge in [-0.25, -0.2) is 14.4 Å². The minimum absolute atomic E-state index is 0.0285. The van der Waals surface area contributed by atoms with Crippen molar-refractivity contribution in [2.24, 2.45) is 0 Å². The summed E-state index contributed by atoms with van der Waals surface area (Å²) in [5.74, 6) is -0.134. The van der Waals surface area contributed by atoms with E-state index in [0.29, 0.717) is 23.2 Å². The molecular weight excluding hydrogens is 441 g/mol. The van der Waals surface area contributed by atoms with Crippen molar-refractivity contribution in [3.63, 3.8) is 0 Å². The third-order valence-corrected chi connectivity index (χ3v) is 5.30. The number of hydrogen-bond acceptors (Lipinski definition) is 8. The molecule has 0 saturated carbocycles. The number of halogens is 2. The largest absolute Gasteiger partial charge is 0.487 e. The summed E-state index contributed by atoms with van der Waals surface area (Å²) in [5.41, 5.74) is 0.847. The van der Waals surface area contributed by atoms with Crippen LogP contribution in [-0.4, -0.2) is 59.2 Å².